The molecule has 0 aromatic carbocycles. The molecule has 82 valence electrons. The highest BCUT2D eigenvalue weighted by Gasteiger charge is 2.06. The van der Waals surface area contributed by atoms with E-state index in [1.807, 2.05) is 32.9 Å². The van der Waals surface area contributed by atoms with Gasteiger partial charge in [-0.2, -0.15) is 4.98 Å². The van der Waals surface area contributed by atoms with Crippen molar-refractivity contribution < 1.29 is 4.42 Å². The van der Waals surface area contributed by atoms with Crippen molar-refractivity contribution in [3.8, 4) is 0 Å². The van der Waals surface area contributed by atoms with Crippen LogP contribution in [0.5, 0.6) is 0 Å². The van der Waals surface area contributed by atoms with Gasteiger partial charge in [0.25, 0.3) is 0 Å². The lowest BCUT2D eigenvalue weighted by Crippen LogP contribution is -1.91. The van der Waals surface area contributed by atoms with Gasteiger partial charge in [-0.1, -0.05) is 27.7 Å². The van der Waals surface area contributed by atoms with Gasteiger partial charge in [0.2, 0.25) is 0 Å². The number of aromatic nitrogens is 2. The topological polar surface area (TPSA) is 38.9 Å². The molecule has 3 heteroatoms. The van der Waals surface area contributed by atoms with Gasteiger partial charge in [-0.3, -0.25) is 0 Å². The Morgan fingerprint density at radius 2 is 1.80 bits per heavy atom. The minimum atomic E-state index is 0.432. The summed E-state index contributed by atoms with van der Waals surface area (Å²) < 4.78 is 5.33. The van der Waals surface area contributed by atoms with E-state index in [0.717, 1.165) is 11.3 Å². The lowest BCUT2D eigenvalue weighted by Gasteiger charge is -2.01. The van der Waals surface area contributed by atoms with Gasteiger partial charge in [0.15, 0.2) is 17.1 Å². The van der Waals surface area contributed by atoms with E-state index in [9.17, 15) is 0 Å². The molecule has 3 nitrogen and oxygen atoms in total. The Bertz CT molecular complexity index is 432. The Hall–Kier alpha value is -1.38. The van der Waals surface area contributed by atoms with Gasteiger partial charge >= 0.3 is 0 Å². The normalized spacial score (nSPS) is 10.3. The smallest absolute Gasteiger partial charge is 0.199 e. The lowest BCUT2D eigenvalue weighted by molar-refractivity contribution is 0.561. The van der Waals surface area contributed by atoms with Gasteiger partial charge in [-0.05, 0) is 18.1 Å². The first-order valence-electron chi connectivity index (χ1n) is 5.41. The summed E-state index contributed by atoms with van der Waals surface area (Å²) in [4.78, 5) is 8.57. The molecule has 0 fully saturated rings. The quantitative estimate of drug-likeness (QED) is 0.714. The number of nitrogens with zero attached hydrogens (tertiary/aromatic N) is 2. The lowest BCUT2D eigenvalue weighted by atomic mass is 10.1. The minimum Gasteiger partial charge on any atom is -0.439 e. The second kappa shape index (κ2) is 4.91. The number of hydrogen-bond donors (Lipinski definition) is 0. The molecule has 0 atom stereocenters. The van der Waals surface area contributed by atoms with E-state index >= 15 is 0 Å². The van der Waals surface area contributed by atoms with Crippen LogP contribution in [0.25, 0.3) is 11.2 Å². The third kappa shape index (κ3) is 2.55. The number of fused-ring (bicyclic) bond motifs is 1. The van der Waals surface area contributed by atoms with Crippen LogP contribution in [0.3, 0.4) is 0 Å². The van der Waals surface area contributed by atoms with E-state index in [0.29, 0.717) is 17.5 Å². The van der Waals surface area contributed by atoms with E-state index in [-0.39, 0.29) is 0 Å². The van der Waals surface area contributed by atoms with Crippen molar-refractivity contribution in [3.05, 3.63) is 23.7 Å². The van der Waals surface area contributed by atoms with Gasteiger partial charge in [0, 0.05) is 12.6 Å². The van der Waals surface area contributed by atoms with Crippen molar-refractivity contribution >= 4 is 11.2 Å². The van der Waals surface area contributed by atoms with E-state index < -0.39 is 0 Å². The van der Waals surface area contributed by atoms with Gasteiger partial charge < -0.3 is 4.42 Å². The monoisotopic (exact) mass is 206 g/mol. The predicted molar refractivity (Wildman–Crippen MR) is 62.0 cm³/mol. The first-order chi connectivity index (χ1) is 7.16. The van der Waals surface area contributed by atoms with Crippen molar-refractivity contribution in [1.82, 2.24) is 9.97 Å². The number of aryl methyl sites for hydroxylation is 1. The molecular formula is C12H18N2O. The van der Waals surface area contributed by atoms with Gasteiger partial charge in [-0.15, -0.1) is 0 Å². The number of oxazole rings is 1. The SMILES string of the molecule is CC.Cc1nc2nc(C(C)C)ccc2o1. The van der Waals surface area contributed by atoms with Gasteiger partial charge in [-0.25, -0.2) is 4.98 Å². The van der Waals surface area contributed by atoms with E-state index in [1.54, 1.807) is 0 Å². The molecular weight excluding hydrogens is 188 g/mol. The highest BCUT2D eigenvalue weighted by molar-refractivity contribution is 5.67. The Labute approximate surface area is 90.5 Å². The standard InChI is InChI=1S/C10H12N2O.C2H6/c1-6(2)8-4-5-9-10(12-8)11-7(3)13-9;1-2/h4-6H,1-3H3;1-2H3. The second-order valence-corrected chi connectivity index (χ2v) is 3.45. The fourth-order valence-corrected chi connectivity index (χ4v) is 1.26. The zero-order valence-electron chi connectivity index (χ0n) is 10.0. The maximum absolute atomic E-state index is 5.33. The van der Waals surface area contributed by atoms with Crippen LogP contribution in [0.15, 0.2) is 16.5 Å². The molecule has 0 aliphatic carbocycles. The molecule has 0 aliphatic heterocycles. The molecule has 0 amide bonds. The number of hydrogen-bond acceptors (Lipinski definition) is 3. The van der Waals surface area contributed by atoms with Crippen LogP contribution in [0.4, 0.5) is 0 Å². The molecule has 15 heavy (non-hydrogen) atoms. The van der Waals surface area contributed by atoms with Crippen molar-refractivity contribution in [2.24, 2.45) is 0 Å². The van der Waals surface area contributed by atoms with Crippen molar-refractivity contribution in [3.63, 3.8) is 0 Å². The maximum Gasteiger partial charge on any atom is 0.199 e. The molecule has 0 bridgehead atoms. The highest BCUT2D eigenvalue weighted by Crippen LogP contribution is 2.17. The number of pyridine rings is 1. The minimum absolute atomic E-state index is 0.432. The Morgan fingerprint density at radius 3 is 2.40 bits per heavy atom. The molecule has 0 aliphatic rings. The average Bonchev–Trinajstić information content (AvgIpc) is 2.59. The summed E-state index contributed by atoms with van der Waals surface area (Å²) in [7, 11) is 0. The Kier molecular flexibility index (Phi) is 3.83. The van der Waals surface area contributed by atoms with E-state index in [4.69, 9.17) is 4.42 Å². The zero-order chi connectivity index (χ0) is 11.4. The van der Waals surface area contributed by atoms with Crippen LogP contribution in [-0.4, -0.2) is 9.97 Å². The molecule has 2 rings (SSSR count). The summed E-state index contributed by atoms with van der Waals surface area (Å²) >= 11 is 0. The summed E-state index contributed by atoms with van der Waals surface area (Å²) in [5.74, 6) is 1.10. The third-order valence-corrected chi connectivity index (χ3v) is 1.97. The molecule has 0 unspecified atom stereocenters. The van der Waals surface area contributed by atoms with E-state index in [1.165, 1.54) is 0 Å². The van der Waals surface area contributed by atoms with Crippen LogP contribution in [0.2, 0.25) is 0 Å². The summed E-state index contributed by atoms with van der Waals surface area (Å²) in [6.07, 6.45) is 0. The molecule has 2 aromatic rings. The van der Waals surface area contributed by atoms with Gasteiger partial charge in [0.05, 0.1) is 0 Å². The van der Waals surface area contributed by atoms with Crippen LogP contribution < -0.4 is 0 Å². The third-order valence-electron chi connectivity index (χ3n) is 1.97. The summed E-state index contributed by atoms with van der Waals surface area (Å²) in [6, 6.07) is 3.91. The Balaban J connectivity index is 0.000000531. The summed E-state index contributed by atoms with van der Waals surface area (Å²) in [5.41, 5.74) is 2.53. The molecule has 0 saturated heterocycles. The second-order valence-electron chi connectivity index (χ2n) is 3.45. The highest BCUT2D eigenvalue weighted by atomic mass is 16.3. The molecule has 0 saturated carbocycles. The van der Waals surface area contributed by atoms with E-state index in [2.05, 4.69) is 23.8 Å². The molecule has 0 N–H and O–H groups in total. The summed E-state index contributed by atoms with van der Waals surface area (Å²) in [6.45, 7) is 10.1. The zero-order valence-corrected chi connectivity index (χ0v) is 10.0. The van der Waals surface area contributed by atoms with Crippen LogP contribution in [0, 0.1) is 6.92 Å². The first kappa shape index (κ1) is 11.7. The first-order valence-corrected chi connectivity index (χ1v) is 5.41. The molecule has 2 heterocycles. The van der Waals surface area contributed by atoms with Crippen LogP contribution in [-0.2, 0) is 0 Å². The van der Waals surface area contributed by atoms with Crippen molar-refractivity contribution in [1.29, 1.82) is 0 Å². The predicted octanol–water partition coefficient (Wildman–Crippen LogP) is 3.68. The van der Waals surface area contributed by atoms with Gasteiger partial charge in [0.1, 0.15) is 0 Å². The van der Waals surface area contributed by atoms with Crippen molar-refractivity contribution in [2.45, 2.75) is 40.5 Å². The fourth-order valence-electron chi connectivity index (χ4n) is 1.26. The van der Waals surface area contributed by atoms with Crippen LogP contribution >= 0.6 is 0 Å². The average molecular weight is 206 g/mol. The number of rotatable bonds is 1. The molecule has 2 aromatic heterocycles. The summed E-state index contributed by atoms with van der Waals surface area (Å²) in [5, 5.41) is 0. The largest absolute Gasteiger partial charge is 0.439 e. The van der Waals surface area contributed by atoms with Crippen LogP contribution in [0.1, 0.15) is 45.2 Å². The molecule has 0 radical (unpaired) electrons. The fraction of sp³-hybridized carbons (Fsp3) is 0.500. The maximum atomic E-state index is 5.33. The Morgan fingerprint density at radius 1 is 1.13 bits per heavy atom. The molecule has 0 spiro atoms. The van der Waals surface area contributed by atoms with Crippen molar-refractivity contribution in [2.75, 3.05) is 0 Å².